The van der Waals surface area contributed by atoms with E-state index in [1.807, 2.05) is 12.1 Å². The summed E-state index contributed by atoms with van der Waals surface area (Å²) in [6.07, 6.45) is -1.17. The molecule has 0 spiro atoms. The molecule has 0 atom stereocenters. The third kappa shape index (κ3) is 5.65. The minimum Gasteiger partial charge on any atom is -0.465 e. The molecule has 1 aliphatic heterocycles. The number of carbonyl (C=O) groups excluding carboxylic acids is 1. The zero-order chi connectivity index (χ0) is 22.5. The fraction of sp³-hybridized carbons (Fsp3) is 0.286. The van der Waals surface area contributed by atoms with Gasteiger partial charge in [-0.25, -0.2) is 14.6 Å². The van der Waals surface area contributed by atoms with Crippen LogP contribution >= 0.6 is 22.9 Å². The van der Waals surface area contributed by atoms with E-state index in [4.69, 9.17) is 21.4 Å². The lowest BCUT2D eigenvalue weighted by atomic mass is 10.2. The van der Waals surface area contributed by atoms with Crippen LogP contribution in [-0.4, -0.2) is 66.5 Å². The van der Waals surface area contributed by atoms with Crippen molar-refractivity contribution < 1.29 is 19.4 Å². The van der Waals surface area contributed by atoms with E-state index < -0.39 is 6.09 Å². The van der Waals surface area contributed by atoms with Crippen LogP contribution < -0.4 is 15.5 Å². The molecule has 32 heavy (non-hydrogen) atoms. The summed E-state index contributed by atoms with van der Waals surface area (Å²) in [5.41, 5.74) is 2.00. The highest BCUT2D eigenvalue weighted by Crippen LogP contribution is 2.30. The Morgan fingerprint density at radius 2 is 1.91 bits per heavy atom. The van der Waals surface area contributed by atoms with Crippen LogP contribution in [0.1, 0.15) is 0 Å². The number of rotatable bonds is 6. The molecule has 1 aromatic heterocycles. The number of amides is 3. The molecular weight excluding hydrogens is 454 g/mol. The van der Waals surface area contributed by atoms with Gasteiger partial charge in [-0.15, -0.1) is 0 Å². The maximum absolute atomic E-state index is 13.2. The average molecular weight is 476 g/mol. The van der Waals surface area contributed by atoms with Gasteiger partial charge in [0, 0.05) is 42.6 Å². The van der Waals surface area contributed by atoms with Crippen LogP contribution in [-0.2, 0) is 4.74 Å². The number of hydrogen-bond donors (Lipinski definition) is 3. The first-order chi connectivity index (χ1) is 15.5. The predicted molar refractivity (Wildman–Crippen MR) is 126 cm³/mol. The highest BCUT2D eigenvalue weighted by molar-refractivity contribution is 7.22. The molecule has 9 nitrogen and oxygen atoms in total. The Kier molecular flexibility index (Phi) is 7.05. The van der Waals surface area contributed by atoms with Crippen molar-refractivity contribution in [1.29, 1.82) is 0 Å². The lowest BCUT2D eigenvalue weighted by molar-refractivity contribution is 0.0393. The quantitative estimate of drug-likeness (QED) is 0.487. The third-order valence-electron chi connectivity index (χ3n) is 4.98. The summed E-state index contributed by atoms with van der Waals surface area (Å²) >= 11 is 7.16. The number of fused-ring (bicyclic) bond motifs is 1. The van der Waals surface area contributed by atoms with Crippen molar-refractivity contribution in [3.63, 3.8) is 0 Å². The second-order valence-electron chi connectivity index (χ2n) is 7.14. The summed E-state index contributed by atoms with van der Waals surface area (Å²) < 4.78 is 6.19. The lowest BCUT2D eigenvalue weighted by Crippen LogP contribution is -2.44. The van der Waals surface area contributed by atoms with Crippen molar-refractivity contribution in [2.45, 2.75) is 0 Å². The Bertz CT molecular complexity index is 1100. The fourth-order valence-corrected chi connectivity index (χ4v) is 4.38. The van der Waals surface area contributed by atoms with Crippen LogP contribution in [0.2, 0.25) is 5.02 Å². The van der Waals surface area contributed by atoms with E-state index in [-0.39, 0.29) is 11.2 Å². The van der Waals surface area contributed by atoms with Crippen LogP contribution in [0.5, 0.6) is 0 Å². The maximum atomic E-state index is 13.2. The number of halogens is 1. The number of aromatic nitrogens is 1. The van der Waals surface area contributed by atoms with Crippen molar-refractivity contribution in [2.75, 3.05) is 54.9 Å². The molecule has 11 heteroatoms. The summed E-state index contributed by atoms with van der Waals surface area (Å²) in [7, 11) is 0. The number of hydrogen-bond acceptors (Lipinski definition) is 6. The van der Waals surface area contributed by atoms with Gasteiger partial charge in [0.1, 0.15) is 0 Å². The monoisotopic (exact) mass is 475 g/mol. The fourth-order valence-electron chi connectivity index (χ4n) is 3.36. The molecule has 0 saturated carbocycles. The molecule has 0 radical (unpaired) electrons. The molecule has 0 aliphatic carbocycles. The summed E-state index contributed by atoms with van der Waals surface area (Å²) in [6.45, 7) is 4.19. The van der Waals surface area contributed by atoms with E-state index in [2.05, 4.69) is 20.5 Å². The number of carbonyl (C=O) groups is 2. The average Bonchev–Trinajstić information content (AvgIpc) is 3.17. The SMILES string of the molecule is O=C(O)Nc1nc2ccc(N(CCN3CCOCC3)C(=O)Nc3ccc(Cl)cc3)cc2s1. The van der Waals surface area contributed by atoms with Gasteiger partial charge in [-0.1, -0.05) is 22.9 Å². The van der Waals surface area contributed by atoms with Gasteiger partial charge >= 0.3 is 12.1 Å². The minimum atomic E-state index is -1.17. The summed E-state index contributed by atoms with van der Waals surface area (Å²) in [6, 6.07) is 12.1. The van der Waals surface area contributed by atoms with E-state index in [0.717, 1.165) is 17.8 Å². The van der Waals surface area contributed by atoms with Crippen LogP contribution in [0.15, 0.2) is 42.5 Å². The van der Waals surface area contributed by atoms with Crippen molar-refractivity contribution in [3.05, 3.63) is 47.5 Å². The van der Waals surface area contributed by atoms with Gasteiger partial charge in [0.05, 0.1) is 23.4 Å². The number of carboxylic acid groups (broad SMARTS) is 1. The zero-order valence-corrected chi connectivity index (χ0v) is 18.7. The Morgan fingerprint density at radius 1 is 1.16 bits per heavy atom. The largest absolute Gasteiger partial charge is 0.465 e. The molecule has 1 fully saturated rings. The number of nitrogens with one attached hydrogen (secondary N) is 2. The van der Waals surface area contributed by atoms with Gasteiger partial charge < -0.3 is 15.2 Å². The molecule has 3 aromatic rings. The molecular formula is C21H22ClN5O4S. The van der Waals surface area contributed by atoms with Crippen molar-refractivity contribution in [1.82, 2.24) is 9.88 Å². The highest BCUT2D eigenvalue weighted by atomic mass is 35.5. The van der Waals surface area contributed by atoms with Crippen molar-refractivity contribution >= 4 is 61.8 Å². The Hall–Kier alpha value is -2.92. The first kappa shape index (κ1) is 22.3. The molecule has 168 valence electrons. The van der Waals surface area contributed by atoms with Crippen LogP contribution in [0.4, 0.5) is 26.1 Å². The van der Waals surface area contributed by atoms with Gasteiger partial charge in [0.15, 0.2) is 5.13 Å². The molecule has 1 aliphatic rings. The zero-order valence-electron chi connectivity index (χ0n) is 17.1. The van der Waals surface area contributed by atoms with E-state index in [0.29, 0.717) is 48.2 Å². The summed E-state index contributed by atoms with van der Waals surface area (Å²) in [5, 5.41) is 15.0. The Labute approximate surface area is 193 Å². The standard InChI is InChI=1S/C21H22ClN5O4S/c22-14-1-3-15(4-2-14)23-20(28)27(8-7-26-9-11-31-12-10-26)16-5-6-17-18(13-16)32-19(24-17)25-21(29)30/h1-6,13H,7-12H2,(H,23,28)(H,24,25)(H,29,30). The van der Waals surface area contributed by atoms with Gasteiger partial charge in [-0.3, -0.25) is 15.1 Å². The van der Waals surface area contributed by atoms with E-state index in [1.54, 1.807) is 35.2 Å². The molecule has 3 N–H and O–H groups in total. The number of urea groups is 1. The van der Waals surface area contributed by atoms with Gasteiger partial charge in [-0.2, -0.15) is 0 Å². The second-order valence-corrected chi connectivity index (χ2v) is 8.61. The number of anilines is 3. The van der Waals surface area contributed by atoms with E-state index >= 15 is 0 Å². The number of benzene rings is 2. The predicted octanol–water partition coefficient (Wildman–Crippen LogP) is 4.41. The van der Waals surface area contributed by atoms with Gasteiger partial charge in [0.25, 0.3) is 0 Å². The molecule has 3 amide bonds. The molecule has 4 rings (SSSR count). The molecule has 0 unspecified atom stereocenters. The molecule has 1 saturated heterocycles. The maximum Gasteiger partial charge on any atom is 0.410 e. The molecule has 2 aromatic carbocycles. The lowest BCUT2D eigenvalue weighted by Gasteiger charge is -2.30. The number of ether oxygens (including phenoxy) is 1. The van der Waals surface area contributed by atoms with Crippen molar-refractivity contribution in [2.24, 2.45) is 0 Å². The number of morpholine rings is 1. The number of thiazole rings is 1. The van der Waals surface area contributed by atoms with Gasteiger partial charge in [0.2, 0.25) is 0 Å². The van der Waals surface area contributed by atoms with E-state index in [9.17, 15) is 9.59 Å². The highest BCUT2D eigenvalue weighted by Gasteiger charge is 2.20. The minimum absolute atomic E-state index is 0.270. The molecule has 0 bridgehead atoms. The van der Waals surface area contributed by atoms with Crippen LogP contribution in [0.3, 0.4) is 0 Å². The first-order valence-corrected chi connectivity index (χ1v) is 11.2. The Balaban J connectivity index is 1.57. The normalized spacial score (nSPS) is 14.3. The van der Waals surface area contributed by atoms with E-state index in [1.165, 1.54) is 11.3 Å². The summed E-state index contributed by atoms with van der Waals surface area (Å²) in [5.74, 6) is 0. The smallest absolute Gasteiger partial charge is 0.410 e. The second kappa shape index (κ2) is 10.1. The van der Waals surface area contributed by atoms with Gasteiger partial charge in [-0.05, 0) is 42.5 Å². The third-order valence-corrected chi connectivity index (χ3v) is 6.17. The van der Waals surface area contributed by atoms with Crippen molar-refractivity contribution in [3.8, 4) is 0 Å². The Morgan fingerprint density at radius 3 is 2.62 bits per heavy atom. The van der Waals surface area contributed by atoms with Crippen LogP contribution in [0, 0.1) is 0 Å². The summed E-state index contributed by atoms with van der Waals surface area (Å²) in [4.78, 5) is 32.3. The first-order valence-electron chi connectivity index (χ1n) is 10.0. The van der Waals surface area contributed by atoms with Crippen LogP contribution in [0.25, 0.3) is 10.2 Å². The number of nitrogens with zero attached hydrogens (tertiary/aromatic N) is 3. The molecule has 2 heterocycles. The topological polar surface area (TPSA) is 107 Å².